The number of hydrogen-bond acceptors (Lipinski definition) is 3. The molecule has 0 aliphatic carbocycles. The van der Waals surface area contributed by atoms with Crippen molar-refractivity contribution < 1.29 is 9.90 Å². The Hall–Kier alpha value is 0.969. The van der Waals surface area contributed by atoms with Crippen LogP contribution in [0.1, 0.15) is 46.5 Å². The van der Waals surface area contributed by atoms with Crippen molar-refractivity contribution in [2.24, 2.45) is 0 Å². The van der Waals surface area contributed by atoms with Crippen LogP contribution < -0.4 is 0 Å². The molecular weight excluding hydrogens is 347 g/mol. The number of carboxylic acids is 1. The van der Waals surface area contributed by atoms with E-state index in [1.165, 1.54) is 32.6 Å². The van der Waals surface area contributed by atoms with Crippen LogP contribution in [0.15, 0.2) is 0 Å². The molecular formula is C11H24O2S2Sn+2. The minimum absolute atomic E-state index is 0.149. The van der Waals surface area contributed by atoms with E-state index >= 15 is 0 Å². The summed E-state index contributed by atoms with van der Waals surface area (Å²) in [5.41, 5.74) is 0. The predicted octanol–water partition coefficient (Wildman–Crippen LogP) is 3.77. The number of thiol groups is 2. The van der Waals surface area contributed by atoms with Gasteiger partial charge in [0.25, 0.3) is 0 Å². The van der Waals surface area contributed by atoms with E-state index in [4.69, 9.17) is 5.11 Å². The maximum atomic E-state index is 9.87. The average molecular weight is 371 g/mol. The molecule has 0 aromatic carbocycles. The third kappa shape index (κ3) is 17.4. The molecule has 0 heterocycles. The molecule has 5 heteroatoms. The summed E-state index contributed by atoms with van der Waals surface area (Å²) in [7, 11) is 0. The Labute approximate surface area is 121 Å². The molecule has 0 fully saturated rings. The van der Waals surface area contributed by atoms with E-state index in [0.29, 0.717) is 0 Å². The number of carboxylic acid groups (broad SMARTS) is 1. The minimum atomic E-state index is -1.19. The zero-order valence-electron chi connectivity index (χ0n) is 10.5. The van der Waals surface area contributed by atoms with Crippen molar-refractivity contribution in [3.8, 4) is 0 Å². The van der Waals surface area contributed by atoms with Crippen molar-refractivity contribution in [2.75, 3.05) is 0 Å². The molecule has 0 aromatic rings. The summed E-state index contributed by atoms with van der Waals surface area (Å²) in [6.45, 7) is 5.97. The van der Waals surface area contributed by atoms with Gasteiger partial charge in [-0.2, -0.15) is 25.3 Å². The normalized spacial score (nSPS) is 10.1. The van der Waals surface area contributed by atoms with E-state index < -0.39 is 10.0 Å². The number of rotatable bonds is 7. The zero-order valence-corrected chi connectivity index (χ0v) is 15.1. The molecule has 0 aliphatic heterocycles. The van der Waals surface area contributed by atoms with Crippen molar-refractivity contribution >= 4 is 52.4 Å². The van der Waals surface area contributed by atoms with Crippen LogP contribution >= 0.6 is 25.3 Å². The summed E-state index contributed by atoms with van der Waals surface area (Å²) < 4.78 is 2.06. The SMILES string of the molecule is CC(S)(S)C(=O)O.CCC[CH2][Sn+2][CH2]CCC. The Balaban J connectivity index is 0. The van der Waals surface area contributed by atoms with Gasteiger partial charge in [0.2, 0.25) is 0 Å². The monoisotopic (exact) mass is 372 g/mol. The molecule has 0 aliphatic rings. The molecule has 0 saturated heterocycles. The van der Waals surface area contributed by atoms with Gasteiger partial charge in [-0.15, -0.1) is 0 Å². The fourth-order valence-corrected chi connectivity index (χ4v) is 4.89. The van der Waals surface area contributed by atoms with Gasteiger partial charge in [-0.25, -0.2) is 4.79 Å². The number of carbonyl (C=O) groups is 1. The Bertz CT molecular complexity index is 164. The molecule has 94 valence electrons. The van der Waals surface area contributed by atoms with E-state index in [1.807, 2.05) is 0 Å². The van der Waals surface area contributed by atoms with E-state index in [2.05, 4.69) is 39.1 Å². The third-order valence-corrected chi connectivity index (χ3v) is 6.24. The fourth-order valence-electron chi connectivity index (χ4n) is 0.729. The average Bonchev–Trinajstić information content (AvgIpc) is 2.17. The summed E-state index contributed by atoms with van der Waals surface area (Å²) in [4.78, 5) is 9.87. The molecule has 16 heavy (non-hydrogen) atoms. The molecule has 0 aromatic heterocycles. The third-order valence-electron chi connectivity index (χ3n) is 1.82. The van der Waals surface area contributed by atoms with Gasteiger partial charge in [0, 0.05) is 0 Å². The summed E-state index contributed by atoms with van der Waals surface area (Å²) in [5.74, 6) is -1.03. The Morgan fingerprint density at radius 3 is 1.69 bits per heavy atom. The summed E-state index contributed by atoms with van der Waals surface area (Å²) in [5, 5.41) is 8.10. The van der Waals surface area contributed by atoms with Crippen LogP contribution in [-0.2, 0) is 4.79 Å². The molecule has 0 bridgehead atoms. The molecule has 0 spiro atoms. The topological polar surface area (TPSA) is 37.3 Å². The van der Waals surface area contributed by atoms with Gasteiger partial charge in [0.1, 0.15) is 4.08 Å². The van der Waals surface area contributed by atoms with Gasteiger partial charge >= 0.3 is 75.5 Å². The Kier molecular flexibility index (Phi) is 15.0. The molecule has 0 atom stereocenters. The van der Waals surface area contributed by atoms with Crippen LogP contribution in [0.2, 0.25) is 8.87 Å². The van der Waals surface area contributed by atoms with Crippen LogP contribution in [0.3, 0.4) is 0 Å². The first kappa shape index (κ1) is 19.3. The van der Waals surface area contributed by atoms with Crippen LogP contribution in [0.5, 0.6) is 0 Å². The first-order valence-corrected chi connectivity index (χ1v) is 10.7. The van der Waals surface area contributed by atoms with Gasteiger partial charge in [-0.1, -0.05) is 0 Å². The second kappa shape index (κ2) is 12.4. The number of unbranched alkanes of at least 4 members (excludes halogenated alkanes) is 2. The van der Waals surface area contributed by atoms with Gasteiger partial charge < -0.3 is 5.11 Å². The first-order chi connectivity index (χ1) is 7.36. The van der Waals surface area contributed by atoms with Crippen LogP contribution in [0, 0.1) is 0 Å². The van der Waals surface area contributed by atoms with Gasteiger partial charge in [0.15, 0.2) is 0 Å². The van der Waals surface area contributed by atoms with Crippen LogP contribution in [0.25, 0.3) is 0 Å². The van der Waals surface area contributed by atoms with Crippen molar-refractivity contribution in [1.29, 1.82) is 0 Å². The van der Waals surface area contributed by atoms with Crippen LogP contribution in [0.4, 0.5) is 0 Å². The first-order valence-electron chi connectivity index (χ1n) is 5.75. The maximum absolute atomic E-state index is 9.87. The summed E-state index contributed by atoms with van der Waals surface area (Å²) >= 11 is 7.38. The van der Waals surface area contributed by atoms with Crippen molar-refractivity contribution in [2.45, 2.75) is 59.4 Å². The standard InChI is InChI=1S/2C4H9.C3H6O2S2.Sn/c2*1-3-4-2;1-3(6,7)2(4)5;/h2*1,3-4H2,2H3;6-7H,1H3,(H,4,5);/q;;;+2. The second-order valence-corrected chi connectivity index (χ2v) is 10.2. The molecule has 0 amide bonds. The van der Waals surface area contributed by atoms with E-state index in [1.54, 1.807) is 8.87 Å². The van der Waals surface area contributed by atoms with Crippen LogP contribution in [-0.4, -0.2) is 36.3 Å². The summed E-state index contributed by atoms with van der Waals surface area (Å²) in [6.07, 6.45) is 5.84. The fraction of sp³-hybridized carbons (Fsp3) is 0.909. The van der Waals surface area contributed by atoms with Crippen molar-refractivity contribution in [3.05, 3.63) is 0 Å². The molecule has 0 radical (unpaired) electrons. The van der Waals surface area contributed by atoms with Crippen molar-refractivity contribution in [1.82, 2.24) is 0 Å². The molecule has 1 N–H and O–H groups in total. The second-order valence-electron chi connectivity index (χ2n) is 3.78. The Morgan fingerprint density at radius 2 is 1.50 bits per heavy atom. The van der Waals surface area contributed by atoms with E-state index in [9.17, 15) is 4.79 Å². The van der Waals surface area contributed by atoms with E-state index in [-0.39, 0.29) is 21.1 Å². The van der Waals surface area contributed by atoms with Crippen molar-refractivity contribution in [3.63, 3.8) is 0 Å². The zero-order chi connectivity index (χ0) is 13.0. The van der Waals surface area contributed by atoms with Gasteiger partial charge in [0.05, 0.1) is 0 Å². The molecule has 0 saturated carbocycles. The predicted molar refractivity (Wildman–Crippen MR) is 79.2 cm³/mol. The number of hydrogen-bond donors (Lipinski definition) is 3. The van der Waals surface area contributed by atoms with Gasteiger partial charge in [-0.05, 0) is 6.92 Å². The van der Waals surface area contributed by atoms with Gasteiger partial charge in [-0.3, -0.25) is 0 Å². The molecule has 0 unspecified atom stereocenters. The molecule has 2 nitrogen and oxygen atoms in total. The Morgan fingerprint density at radius 1 is 1.19 bits per heavy atom. The quantitative estimate of drug-likeness (QED) is 0.276. The molecule has 0 rings (SSSR count). The number of aliphatic carboxylic acids is 1. The van der Waals surface area contributed by atoms with E-state index in [0.717, 1.165) is 0 Å². The summed E-state index contributed by atoms with van der Waals surface area (Å²) in [6, 6.07) is 0.